The van der Waals surface area contributed by atoms with Crippen LogP contribution in [0.2, 0.25) is 0 Å². The predicted molar refractivity (Wildman–Crippen MR) is 96.9 cm³/mol. The Kier molecular flexibility index (Phi) is 7.29. The van der Waals surface area contributed by atoms with Crippen molar-refractivity contribution in [2.75, 3.05) is 13.2 Å². The zero-order valence-electron chi connectivity index (χ0n) is 14.5. The van der Waals surface area contributed by atoms with Crippen molar-refractivity contribution in [3.05, 3.63) is 76.9 Å². The van der Waals surface area contributed by atoms with Crippen LogP contribution in [-0.2, 0) is 25.7 Å². The molecule has 5 heteroatoms. The van der Waals surface area contributed by atoms with E-state index < -0.39 is 11.8 Å². The van der Waals surface area contributed by atoms with E-state index in [4.69, 9.17) is 14.7 Å². The molecule has 0 bridgehead atoms. The van der Waals surface area contributed by atoms with E-state index >= 15 is 0 Å². The maximum absolute atomic E-state index is 12.2. The van der Waals surface area contributed by atoms with E-state index in [9.17, 15) is 9.59 Å². The summed E-state index contributed by atoms with van der Waals surface area (Å²) in [6, 6.07) is 18.4. The lowest BCUT2D eigenvalue weighted by atomic mass is 10.0. The molecule has 0 aliphatic carbocycles. The van der Waals surface area contributed by atoms with Crippen LogP contribution in [0.15, 0.2) is 60.2 Å². The summed E-state index contributed by atoms with van der Waals surface area (Å²) in [4.78, 5) is 24.0. The summed E-state index contributed by atoms with van der Waals surface area (Å²) in [5, 5.41) is 9.11. The van der Waals surface area contributed by atoms with Crippen molar-refractivity contribution in [1.82, 2.24) is 0 Å². The molecule has 0 unspecified atom stereocenters. The first-order valence-electron chi connectivity index (χ1n) is 8.12. The minimum Gasteiger partial charge on any atom is -0.460 e. The lowest BCUT2D eigenvalue weighted by Gasteiger charge is -2.08. The fourth-order valence-electron chi connectivity index (χ4n) is 2.22. The van der Waals surface area contributed by atoms with Crippen molar-refractivity contribution in [1.29, 1.82) is 5.26 Å². The molecule has 2 aromatic rings. The monoisotopic (exact) mass is 349 g/mol. The Labute approximate surface area is 152 Å². The molecule has 132 valence electrons. The molecular formula is C21H19NO4. The third-order valence-electron chi connectivity index (χ3n) is 3.55. The third-order valence-corrected chi connectivity index (χ3v) is 3.55. The van der Waals surface area contributed by atoms with Crippen molar-refractivity contribution in [2.45, 2.75) is 13.5 Å². The Hall–Kier alpha value is -3.23. The number of carbonyl (C=O) groups excluding carboxylic acids is 2. The van der Waals surface area contributed by atoms with Gasteiger partial charge in [-0.25, -0.2) is 4.79 Å². The van der Waals surface area contributed by atoms with Crippen LogP contribution in [0, 0.1) is 11.3 Å². The average Bonchev–Trinajstić information content (AvgIpc) is 2.66. The number of Topliss-reactive ketones (excluding diaryl/α,β-unsaturated/α-hetero) is 1. The number of nitriles is 1. The van der Waals surface area contributed by atoms with Gasteiger partial charge in [-0.05, 0) is 30.2 Å². The minimum atomic E-state index is -0.728. The molecule has 26 heavy (non-hydrogen) atoms. The SMILES string of the molecule is CC(=O)/C(=C/c1ccccc1C#N)C(=O)OCCOCc1ccccc1. The molecule has 0 aromatic heterocycles. The summed E-state index contributed by atoms with van der Waals surface area (Å²) < 4.78 is 10.6. The number of benzene rings is 2. The van der Waals surface area contributed by atoms with Gasteiger partial charge in [-0.15, -0.1) is 0 Å². The van der Waals surface area contributed by atoms with E-state index in [-0.39, 0.29) is 18.8 Å². The van der Waals surface area contributed by atoms with E-state index in [0.717, 1.165) is 5.56 Å². The van der Waals surface area contributed by atoms with Crippen LogP contribution in [0.1, 0.15) is 23.6 Å². The molecule has 5 nitrogen and oxygen atoms in total. The number of esters is 1. The normalized spacial score (nSPS) is 10.8. The fraction of sp³-hybridized carbons (Fsp3) is 0.190. The van der Waals surface area contributed by atoms with E-state index in [1.54, 1.807) is 24.3 Å². The summed E-state index contributed by atoms with van der Waals surface area (Å²) in [6.45, 7) is 1.97. The Balaban J connectivity index is 1.91. The van der Waals surface area contributed by atoms with Gasteiger partial charge in [-0.1, -0.05) is 48.5 Å². The van der Waals surface area contributed by atoms with E-state index in [2.05, 4.69) is 0 Å². The van der Waals surface area contributed by atoms with Crippen molar-refractivity contribution in [2.24, 2.45) is 0 Å². The maximum atomic E-state index is 12.2. The van der Waals surface area contributed by atoms with Crippen LogP contribution in [0.3, 0.4) is 0 Å². The van der Waals surface area contributed by atoms with Gasteiger partial charge in [-0.2, -0.15) is 5.26 Å². The fourth-order valence-corrected chi connectivity index (χ4v) is 2.22. The van der Waals surface area contributed by atoms with E-state index in [0.29, 0.717) is 17.7 Å². The number of carbonyl (C=O) groups is 2. The lowest BCUT2D eigenvalue weighted by Crippen LogP contribution is -2.16. The zero-order valence-corrected chi connectivity index (χ0v) is 14.5. The molecule has 0 radical (unpaired) electrons. The van der Waals surface area contributed by atoms with Gasteiger partial charge in [0.05, 0.1) is 24.8 Å². The van der Waals surface area contributed by atoms with Crippen LogP contribution in [0.5, 0.6) is 0 Å². The summed E-state index contributed by atoms with van der Waals surface area (Å²) in [5.74, 6) is -1.15. The number of ketones is 1. The van der Waals surface area contributed by atoms with Gasteiger partial charge in [0.1, 0.15) is 12.2 Å². The van der Waals surface area contributed by atoms with Crippen LogP contribution in [0.4, 0.5) is 0 Å². The van der Waals surface area contributed by atoms with Crippen molar-refractivity contribution in [3.8, 4) is 6.07 Å². The quantitative estimate of drug-likeness (QED) is 0.240. The van der Waals surface area contributed by atoms with Crippen LogP contribution in [0.25, 0.3) is 6.08 Å². The summed E-state index contributed by atoms with van der Waals surface area (Å²) in [6.07, 6.45) is 1.38. The highest BCUT2D eigenvalue weighted by atomic mass is 16.6. The zero-order chi connectivity index (χ0) is 18.8. The molecule has 0 spiro atoms. The average molecular weight is 349 g/mol. The number of rotatable bonds is 8. The molecule has 0 saturated carbocycles. The smallest absolute Gasteiger partial charge is 0.341 e. The first-order valence-corrected chi connectivity index (χ1v) is 8.12. The first-order chi connectivity index (χ1) is 12.6. The number of hydrogen-bond acceptors (Lipinski definition) is 5. The Morgan fingerprint density at radius 3 is 2.42 bits per heavy atom. The molecule has 0 heterocycles. The highest BCUT2D eigenvalue weighted by Crippen LogP contribution is 2.14. The molecule has 0 N–H and O–H groups in total. The Bertz CT molecular complexity index is 835. The van der Waals surface area contributed by atoms with Gasteiger partial charge in [0.15, 0.2) is 5.78 Å². The maximum Gasteiger partial charge on any atom is 0.341 e. The largest absolute Gasteiger partial charge is 0.460 e. The van der Waals surface area contributed by atoms with E-state index in [1.807, 2.05) is 36.4 Å². The highest BCUT2D eigenvalue weighted by Gasteiger charge is 2.16. The molecular weight excluding hydrogens is 330 g/mol. The number of ether oxygens (including phenoxy) is 2. The topological polar surface area (TPSA) is 76.4 Å². The van der Waals surface area contributed by atoms with Gasteiger partial charge in [0, 0.05) is 0 Å². The molecule has 0 amide bonds. The molecule has 0 atom stereocenters. The second-order valence-electron chi connectivity index (χ2n) is 5.49. The molecule has 0 aliphatic rings. The van der Waals surface area contributed by atoms with Crippen LogP contribution >= 0.6 is 0 Å². The van der Waals surface area contributed by atoms with Crippen LogP contribution in [-0.4, -0.2) is 25.0 Å². The lowest BCUT2D eigenvalue weighted by molar-refractivity contribution is -0.141. The number of hydrogen-bond donors (Lipinski definition) is 0. The van der Waals surface area contributed by atoms with Gasteiger partial charge in [0.25, 0.3) is 0 Å². The molecule has 2 rings (SSSR count). The molecule has 0 fully saturated rings. The first kappa shape index (κ1) is 19.1. The van der Waals surface area contributed by atoms with Crippen molar-refractivity contribution < 1.29 is 19.1 Å². The van der Waals surface area contributed by atoms with Crippen molar-refractivity contribution in [3.63, 3.8) is 0 Å². The molecule has 2 aromatic carbocycles. The Morgan fingerprint density at radius 2 is 1.73 bits per heavy atom. The van der Waals surface area contributed by atoms with Crippen molar-refractivity contribution >= 4 is 17.8 Å². The van der Waals surface area contributed by atoms with Crippen LogP contribution < -0.4 is 0 Å². The summed E-state index contributed by atoms with van der Waals surface area (Å²) in [7, 11) is 0. The summed E-state index contributed by atoms with van der Waals surface area (Å²) in [5.41, 5.74) is 1.80. The molecule has 0 saturated heterocycles. The molecule has 0 aliphatic heterocycles. The second-order valence-corrected chi connectivity index (χ2v) is 5.49. The standard InChI is InChI=1S/C21H19NO4/c1-16(23)20(13-18-9-5-6-10-19(18)14-22)21(24)26-12-11-25-15-17-7-3-2-4-8-17/h2-10,13H,11-12,15H2,1H3/b20-13-. The minimum absolute atomic E-state index is 0.0379. The predicted octanol–water partition coefficient (Wildman–Crippen LogP) is 3.29. The summed E-state index contributed by atoms with van der Waals surface area (Å²) >= 11 is 0. The van der Waals surface area contributed by atoms with Gasteiger partial charge >= 0.3 is 5.97 Å². The van der Waals surface area contributed by atoms with E-state index in [1.165, 1.54) is 13.0 Å². The Morgan fingerprint density at radius 1 is 1.04 bits per heavy atom. The van der Waals surface area contributed by atoms with Gasteiger partial charge in [-0.3, -0.25) is 4.79 Å². The van der Waals surface area contributed by atoms with Gasteiger partial charge in [0.2, 0.25) is 0 Å². The highest BCUT2D eigenvalue weighted by molar-refractivity contribution is 6.19. The number of nitrogens with zero attached hydrogens (tertiary/aromatic N) is 1. The third kappa shape index (κ3) is 5.69. The second kappa shape index (κ2) is 9.92. The van der Waals surface area contributed by atoms with Gasteiger partial charge < -0.3 is 9.47 Å².